The van der Waals surface area contributed by atoms with Crippen LogP contribution < -0.4 is 5.73 Å². The van der Waals surface area contributed by atoms with Crippen molar-refractivity contribution in [3.8, 4) is 5.82 Å². The van der Waals surface area contributed by atoms with Crippen molar-refractivity contribution in [3.63, 3.8) is 0 Å². The number of anilines is 1. The zero-order valence-corrected chi connectivity index (χ0v) is 8.27. The summed E-state index contributed by atoms with van der Waals surface area (Å²) in [6, 6.07) is 5.61. The molecule has 0 aromatic carbocycles. The van der Waals surface area contributed by atoms with Crippen LogP contribution in [0.5, 0.6) is 0 Å². The van der Waals surface area contributed by atoms with E-state index in [1.807, 2.05) is 18.2 Å². The number of rotatable bonds is 1. The van der Waals surface area contributed by atoms with E-state index in [1.165, 1.54) is 0 Å². The Balaban J connectivity index is 2.48. The van der Waals surface area contributed by atoms with Gasteiger partial charge in [0, 0.05) is 12.4 Å². The van der Waals surface area contributed by atoms with Crippen molar-refractivity contribution in [1.29, 1.82) is 0 Å². The molecule has 0 amide bonds. The van der Waals surface area contributed by atoms with Crippen LogP contribution >= 0.6 is 15.9 Å². The van der Waals surface area contributed by atoms with Crippen molar-refractivity contribution in [3.05, 3.63) is 35.1 Å². The van der Waals surface area contributed by atoms with Gasteiger partial charge in [-0.15, -0.1) is 5.10 Å². The quantitative estimate of drug-likeness (QED) is 0.822. The monoisotopic (exact) mass is 238 g/mol. The van der Waals surface area contributed by atoms with E-state index in [2.05, 4.69) is 26.0 Å². The number of aromatic nitrogens is 3. The van der Waals surface area contributed by atoms with Gasteiger partial charge in [0.25, 0.3) is 0 Å². The SMILES string of the molecule is Nc1nn(-c2ccccn2)cc1Br. The Bertz CT molecular complexity index is 390. The van der Waals surface area contributed by atoms with Crippen LogP contribution in [-0.4, -0.2) is 14.8 Å². The largest absolute Gasteiger partial charge is 0.381 e. The lowest BCUT2D eigenvalue weighted by Gasteiger charge is -1.96. The maximum atomic E-state index is 5.57. The number of nitrogens with two attached hydrogens (primary N) is 1. The number of pyridine rings is 1. The molecule has 0 saturated carbocycles. The lowest BCUT2D eigenvalue weighted by molar-refractivity contribution is 0.851. The Labute approximate surface area is 83.5 Å². The Hall–Kier alpha value is -1.36. The molecule has 2 rings (SSSR count). The number of nitrogens with zero attached hydrogens (tertiary/aromatic N) is 3. The first-order valence-electron chi connectivity index (χ1n) is 3.69. The molecule has 2 heterocycles. The molecule has 0 radical (unpaired) electrons. The van der Waals surface area contributed by atoms with E-state index >= 15 is 0 Å². The van der Waals surface area contributed by atoms with Gasteiger partial charge in [-0.2, -0.15) is 0 Å². The fourth-order valence-corrected chi connectivity index (χ4v) is 1.25. The molecule has 4 nitrogen and oxygen atoms in total. The third kappa shape index (κ3) is 1.55. The summed E-state index contributed by atoms with van der Waals surface area (Å²) in [4.78, 5) is 4.13. The fraction of sp³-hybridized carbons (Fsp3) is 0. The first-order chi connectivity index (χ1) is 6.27. The summed E-state index contributed by atoms with van der Waals surface area (Å²) in [6.45, 7) is 0. The molecule has 0 unspecified atom stereocenters. The topological polar surface area (TPSA) is 56.7 Å². The van der Waals surface area contributed by atoms with Crippen LogP contribution in [0.2, 0.25) is 0 Å². The van der Waals surface area contributed by atoms with Crippen LogP contribution in [0, 0.1) is 0 Å². The average Bonchev–Trinajstić information content (AvgIpc) is 2.49. The predicted molar refractivity (Wildman–Crippen MR) is 53.5 cm³/mol. The lowest BCUT2D eigenvalue weighted by Crippen LogP contribution is -1.97. The van der Waals surface area contributed by atoms with Crippen molar-refractivity contribution in [2.75, 3.05) is 5.73 Å². The summed E-state index contributed by atoms with van der Waals surface area (Å²) in [6.07, 6.45) is 3.48. The summed E-state index contributed by atoms with van der Waals surface area (Å²) >= 11 is 3.28. The van der Waals surface area contributed by atoms with E-state index in [1.54, 1.807) is 17.1 Å². The van der Waals surface area contributed by atoms with Crippen LogP contribution in [0.3, 0.4) is 0 Å². The molecular formula is C8H7BrN4. The molecule has 0 aliphatic heterocycles. The maximum Gasteiger partial charge on any atom is 0.160 e. The van der Waals surface area contributed by atoms with E-state index in [9.17, 15) is 0 Å². The highest BCUT2D eigenvalue weighted by molar-refractivity contribution is 9.10. The van der Waals surface area contributed by atoms with Gasteiger partial charge >= 0.3 is 0 Å². The van der Waals surface area contributed by atoms with Gasteiger partial charge in [0.1, 0.15) is 0 Å². The van der Waals surface area contributed by atoms with Gasteiger partial charge in [0.15, 0.2) is 11.6 Å². The summed E-state index contributed by atoms with van der Waals surface area (Å²) in [5.74, 6) is 1.21. The standard InChI is InChI=1S/C8H7BrN4/c9-6-5-13(12-8(6)10)7-3-1-2-4-11-7/h1-5H,(H2,10,12). The molecule has 2 aromatic heterocycles. The minimum atomic E-state index is 0.464. The van der Waals surface area contributed by atoms with Gasteiger partial charge in [-0.3, -0.25) is 0 Å². The zero-order valence-electron chi connectivity index (χ0n) is 6.68. The first-order valence-corrected chi connectivity index (χ1v) is 4.49. The van der Waals surface area contributed by atoms with Gasteiger partial charge in [-0.1, -0.05) is 6.07 Å². The molecule has 0 atom stereocenters. The Morgan fingerprint density at radius 3 is 2.77 bits per heavy atom. The molecule has 0 bridgehead atoms. The van der Waals surface area contributed by atoms with E-state index in [4.69, 9.17) is 5.73 Å². The third-order valence-electron chi connectivity index (χ3n) is 1.58. The van der Waals surface area contributed by atoms with Crippen LogP contribution in [0.1, 0.15) is 0 Å². The number of halogens is 1. The van der Waals surface area contributed by atoms with E-state index in [0.29, 0.717) is 5.82 Å². The molecule has 66 valence electrons. The summed E-state index contributed by atoms with van der Waals surface area (Å²) in [7, 11) is 0. The van der Waals surface area contributed by atoms with E-state index in [0.717, 1.165) is 10.3 Å². The van der Waals surface area contributed by atoms with Crippen LogP contribution in [0.15, 0.2) is 35.1 Å². The van der Waals surface area contributed by atoms with E-state index in [-0.39, 0.29) is 0 Å². The Morgan fingerprint density at radius 2 is 2.23 bits per heavy atom. The van der Waals surface area contributed by atoms with Crippen molar-refractivity contribution in [2.45, 2.75) is 0 Å². The van der Waals surface area contributed by atoms with E-state index < -0.39 is 0 Å². The van der Waals surface area contributed by atoms with Crippen LogP contribution in [0.4, 0.5) is 5.82 Å². The lowest BCUT2D eigenvalue weighted by atomic mass is 10.5. The molecule has 0 aliphatic rings. The fourth-order valence-electron chi connectivity index (χ4n) is 0.973. The molecule has 0 fully saturated rings. The number of hydrogen-bond acceptors (Lipinski definition) is 3. The molecule has 0 aliphatic carbocycles. The van der Waals surface area contributed by atoms with Crippen molar-refractivity contribution in [2.24, 2.45) is 0 Å². The summed E-state index contributed by atoms with van der Waals surface area (Å²) < 4.78 is 2.40. The predicted octanol–water partition coefficient (Wildman–Crippen LogP) is 1.61. The van der Waals surface area contributed by atoms with Gasteiger partial charge in [0.2, 0.25) is 0 Å². The molecule has 0 saturated heterocycles. The smallest absolute Gasteiger partial charge is 0.160 e. The first kappa shape index (κ1) is 8.25. The van der Waals surface area contributed by atoms with Crippen LogP contribution in [0.25, 0.3) is 5.82 Å². The minimum absolute atomic E-state index is 0.464. The van der Waals surface area contributed by atoms with Gasteiger partial charge in [-0.05, 0) is 28.1 Å². The molecule has 13 heavy (non-hydrogen) atoms. The summed E-state index contributed by atoms with van der Waals surface area (Å²) in [5, 5.41) is 4.07. The number of nitrogen functional groups attached to an aromatic ring is 1. The number of hydrogen-bond donors (Lipinski definition) is 1. The van der Waals surface area contributed by atoms with Gasteiger partial charge in [0.05, 0.1) is 4.47 Å². The molecule has 2 N–H and O–H groups in total. The summed E-state index contributed by atoms with van der Waals surface area (Å²) in [5.41, 5.74) is 5.57. The zero-order chi connectivity index (χ0) is 9.26. The van der Waals surface area contributed by atoms with Gasteiger partial charge < -0.3 is 5.73 Å². The minimum Gasteiger partial charge on any atom is -0.381 e. The second-order valence-electron chi connectivity index (χ2n) is 2.49. The van der Waals surface area contributed by atoms with Crippen molar-refractivity contribution < 1.29 is 0 Å². The van der Waals surface area contributed by atoms with Gasteiger partial charge in [-0.25, -0.2) is 9.67 Å². The van der Waals surface area contributed by atoms with Crippen molar-refractivity contribution >= 4 is 21.7 Å². The maximum absolute atomic E-state index is 5.57. The Kier molecular flexibility index (Phi) is 2.02. The molecule has 5 heteroatoms. The van der Waals surface area contributed by atoms with Crippen molar-refractivity contribution in [1.82, 2.24) is 14.8 Å². The molecular weight excluding hydrogens is 232 g/mol. The highest BCUT2D eigenvalue weighted by atomic mass is 79.9. The van der Waals surface area contributed by atoms with Crippen LogP contribution in [-0.2, 0) is 0 Å². The Morgan fingerprint density at radius 1 is 1.38 bits per heavy atom. The molecule has 2 aromatic rings. The highest BCUT2D eigenvalue weighted by Crippen LogP contribution is 2.18. The molecule has 0 spiro atoms. The second-order valence-corrected chi connectivity index (χ2v) is 3.35. The normalized spacial score (nSPS) is 10.2. The highest BCUT2D eigenvalue weighted by Gasteiger charge is 2.03. The second kappa shape index (κ2) is 3.18. The average molecular weight is 239 g/mol. The third-order valence-corrected chi connectivity index (χ3v) is 2.19.